The van der Waals surface area contributed by atoms with Crippen LogP contribution in [0.15, 0.2) is 28.9 Å². The first-order valence-electron chi connectivity index (χ1n) is 5.12. The number of anilines is 1. The number of benzene rings is 1. The van der Waals surface area contributed by atoms with Crippen LogP contribution in [0.25, 0.3) is 5.69 Å². The molecule has 1 N–H and O–H groups in total. The van der Waals surface area contributed by atoms with Crippen LogP contribution in [0.2, 0.25) is 0 Å². The van der Waals surface area contributed by atoms with Gasteiger partial charge in [-0.15, -0.1) is 0 Å². The van der Waals surface area contributed by atoms with Crippen molar-refractivity contribution < 1.29 is 0 Å². The van der Waals surface area contributed by atoms with E-state index in [1.54, 1.807) is 0 Å². The van der Waals surface area contributed by atoms with E-state index in [0.29, 0.717) is 0 Å². The fourth-order valence-electron chi connectivity index (χ4n) is 1.70. The van der Waals surface area contributed by atoms with Crippen LogP contribution in [-0.2, 0) is 0 Å². The van der Waals surface area contributed by atoms with Gasteiger partial charge in [-0.05, 0) is 31.5 Å². The van der Waals surface area contributed by atoms with E-state index in [-0.39, 0.29) is 0 Å². The highest BCUT2D eigenvalue weighted by atomic mass is 79.9. The number of nitrogens with zero attached hydrogens (tertiary/aromatic N) is 2. The molecule has 0 aliphatic rings. The third-order valence-electron chi connectivity index (χ3n) is 2.48. The number of nitrogens with one attached hydrogen (secondary N) is 1. The number of aromatic nitrogens is 2. The molecule has 0 spiro atoms. The van der Waals surface area contributed by atoms with Crippen molar-refractivity contribution in [3.63, 3.8) is 0 Å². The molecule has 2 aromatic rings. The van der Waals surface area contributed by atoms with Crippen LogP contribution in [0.4, 0.5) is 5.95 Å². The van der Waals surface area contributed by atoms with Crippen molar-refractivity contribution in [1.29, 1.82) is 0 Å². The van der Waals surface area contributed by atoms with E-state index in [9.17, 15) is 0 Å². The van der Waals surface area contributed by atoms with Crippen molar-refractivity contribution in [2.75, 3.05) is 12.4 Å². The largest absolute Gasteiger partial charge is 0.358 e. The summed E-state index contributed by atoms with van der Waals surface area (Å²) in [7, 11) is 1.88. The number of halogens is 1. The number of aryl methyl sites for hydroxylation is 2. The summed E-state index contributed by atoms with van der Waals surface area (Å²) >= 11 is 3.49. The molecule has 1 aromatic heterocycles. The highest BCUT2D eigenvalue weighted by molar-refractivity contribution is 9.10. The molecule has 4 heteroatoms. The van der Waals surface area contributed by atoms with Gasteiger partial charge in [-0.2, -0.15) is 0 Å². The molecule has 1 heterocycles. The van der Waals surface area contributed by atoms with Gasteiger partial charge in [0.1, 0.15) is 0 Å². The number of hydrogen-bond donors (Lipinski definition) is 1. The molecule has 0 aliphatic carbocycles. The zero-order valence-electron chi connectivity index (χ0n) is 9.58. The first-order valence-corrected chi connectivity index (χ1v) is 5.91. The maximum Gasteiger partial charge on any atom is 0.207 e. The molecule has 84 valence electrons. The van der Waals surface area contributed by atoms with Crippen LogP contribution in [0, 0.1) is 13.8 Å². The molecule has 0 unspecified atom stereocenters. The molecule has 1 aromatic carbocycles. The molecular formula is C12H14BrN3. The summed E-state index contributed by atoms with van der Waals surface area (Å²) in [5, 5.41) is 3.10. The first kappa shape index (κ1) is 11.2. The Bertz CT molecular complexity index is 517. The van der Waals surface area contributed by atoms with Crippen molar-refractivity contribution in [3.8, 4) is 5.69 Å². The summed E-state index contributed by atoms with van der Waals surface area (Å²) < 4.78 is 3.14. The summed E-state index contributed by atoms with van der Waals surface area (Å²) in [6, 6.07) is 6.23. The molecule has 0 radical (unpaired) electrons. The molecule has 0 amide bonds. The molecule has 2 rings (SSSR count). The lowest BCUT2D eigenvalue weighted by Gasteiger charge is -2.10. The molecular weight excluding hydrogens is 266 g/mol. The van der Waals surface area contributed by atoms with E-state index < -0.39 is 0 Å². The van der Waals surface area contributed by atoms with E-state index in [4.69, 9.17) is 0 Å². The van der Waals surface area contributed by atoms with E-state index in [0.717, 1.165) is 21.8 Å². The summed E-state index contributed by atoms with van der Waals surface area (Å²) in [5.74, 6) is 0.860. The zero-order chi connectivity index (χ0) is 11.7. The van der Waals surface area contributed by atoms with Gasteiger partial charge in [-0.25, -0.2) is 4.98 Å². The van der Waals surface area contributed by atoms with Crippen LogP contribution in [-0.4, -0.2) is 16.6 Å². The molecule has 0 aliphatic heterocycles. The van der Waals surface area contributed by atoms with Gasteiger partial charge < -0.3 is 5.32 Å². The van der Waals surface area contributed by atoms with Crippen LogP contribution in [0.1, 0.15) is 11.3 Å². The van der Waals surface area contributed by atoms with Crippen molar-refractivity contribution in [2.24, 2.45) is 0 Å². The lowest BCUT2D eigenvalue weighted by molar-refractivity contribution is 1.04. The van der Waals surface area contributed by atoms with Gasteiger partial charge in [0.2, 0.25) is 5.95 Å². The van der Waals surface area contributed by atoms with Crippen LogP contribution in [0.5, 0.6) is 0 Å². The van der Waals surface area contributed by atoms with Gasteiger partial charge in [-0.3, -0.25) is 4.57 Å². The Morgan fingerprint density at radius 3 is 2.75 bits per heavy atom. The number of hydrogen-bond acceptors (Lipinski definition) is 2. The standard InChI is InChI=1S/C12H14BrN3/c1-8-4-5-10(13)6-11(8)16-7-9(2)15-12(16)14-3/h4-7H,1-3H3,(H,14,15). The monoisotopic (exact) mass is 279 g/mol. The minimum absolute atomic E-state index is 0.860. The smallest absolute Gasteiger partial charge is 0.207 e. The van der Waals surface area contributed by atoms with Crippen molar-refractivity contribution >= 4 is 21.9 Å². The maximum atomic E-state index is 4.41. The van der Waals surface area contributed by atoms with Crippen molar-refractivity contribution in [1.82, 2.24) is 9.55 Å². The zero-order valence-corrected chi connectivity index (χ0v) is 11.2. The van der Waals surface area contributed by atoms with Gasteiger partial charge >= 0.3 is 0 Å². The molecule has 0 bridgehead atoms. The Labute approximate surface area is 104 Å². The van der Waals surface area contributed by atoms with E-state index in [1.165, 1.54) is 5.56 Å². The Kier molecular flexibility index (Phi) is 3.01. The molecule has 16 heavy (non-hydrogen) atoms. The summed E-state index contributed by atoms with van der Waals surface area (Å²) in [6.07, 6.45) is 2.03. The SMILES string of the molecule is CNc1nc(C)cn1-c1cc(Br)ccc1C. The fourth-order valence-corrected chi connectivity index (χ4v) is 2.05. The second-order valence-electron chi connectivity index (χ2n) is 3.76. The highest BCUT2D eigenvalue weighted by Crippen LogP contribution is 2.23. The Hall–Kier alpha value is -1.29. The molecule has 0 fully saturated rings. The molecule has 3 nitrogen and oxygen atoms in total. The summed E-state index contributed by atoms with van der Waals surface area (Å²) in [6.45, 7) is 4.08. The minimum Gasteiger partial charge on any atom is -0.358 e. The van der Waals surface area contributed by atoms with Crippen LogP contribution >= 0.6 is 15.9 Å². The van der Waals surface area contributed by atoms with Gasteiger partial charge in [0.15, 0.2) is 0 Å². The second kappa shape index (κ2) is 4.29. The number of imidazole rings is 1. The summed E-state index contributed by atoms with van der Waals surface area (Å²) in [5.41, 5.74) is 3.36. The molecule has 0 saturated heterocycles. The quantitative estimate of drug-likeness (QED) is 0.914. The molecule has 0 atom stereocenters. The lowest BCUT2D eigenvalue weighted by Crippen LogP contribution is -2.02. The third-order valence-corrected chi connectivity index (χ3v) is 2.97. The van der Waals surface area contributed by atoms with Crippen molar-refractivity contribution in [2.45, 2.75) is 13.8 Å². The summed E-state index contributed by atoms with van der Waals surface area (Å²) in [4.78, 5) is 4.41. The van der Waals surface area contributed by atoms with Gasteiger partial charge in [0.05, 0.1) is 11.4 Å². The topological polar surface area (TPSA) is 29.9 Å². The predicted molar refractivity (Wildman–Crippen MR) is 70.3 cm³/mol. The van der Waals surface area contributed by atoms with Gasteiger partial charge in [0.25, 0.3) is 0 Å². The first-order chi connectivity index (χ1) is 7.61. The average molecular weight is 280 g/mol. The van der Waals surface area contributed by atoms with E-state index in [1.807, 2.05) is 26.2 Å². The highest BCUT2D eigenvalue weighted by Gasteiger charge is 2.08. The normalized spacial score (nSPS) is 10.5. The Morgan fingerprint density at radius 1 is 1.31 bits per heavy atom. The second-order valence-corrected chi connectivity index (χ2v) is 4.67. The van der Waals surface area contributed by atoms with Crippen LogP contribution in [0.3, 0.4) is 0 Å². The van der Waals surface area contributed by atoms with Gasteiger partial charge in [0, 0.05) is 17.7 Å². The van der Waals surface area contributed by atoms with Crippen LogP contribution < -0.4 is 5.32 Å². The Morgan fingerprint density at radius 2 is 2.06 bits per heavy atom. The predicted octanol–water partition coefficient (Wildman–Crippen LogP) is 3.29. The van der Waals surface area contributed by atoms with E-state index >= 15 is 0 Å². The maximum absolute atomic E-state index is 4.41. The fraction of sp³-hybridized carbons (Fsp3) is 0.250. The lowest BCUT2D eigenvalue weighted by atomic mass is 10.2. The minimum atomic E-state index is 0.860. The van der Waals surface area contributed by atoms with Crippen molar-refractivity contribution in [3.05, 3.63) is 40.1 Å². The average Bonchev–Trinajstić information content (AvgIpc) is 2.63. The Balaban J connectivity index is 2.61. The van der Waals surface area contributed by atoms with E-state index in [2.05, 4.69) is 49.9 Å². The third kappa shape index (κ3) is 1.97. The molecule has 0 saturated carbocycles. The van der Waals surface area contributed by atoms with Gasteiger partial charge in [-0.1, -0.05) is 22.0 Å². The number of rotatable bonds is 2.